The van der Waals surface area contributed by atoms with E-state index in [1.54, 1.807) is 36.5 Å². The number of benzene rings is 1. The number of hydrogen-bond donors (Lipinski definition) is 2. The normalized spacial score (nSPS) is 13.2. The van der Waals surface area contributed by atoms with E-state index in [-0.39, 0.29) is 17.4 Å². The molecule has 2 aromatic rings. The SMILES string of the molecule is Cc1c(Cl)cccc1S(=O)(=O)NCC[C@@H](CCO)c1cccs1. The van der Waals surface area contributed by atoms with Crippen molar-refractivity contribution in [3.8, 4) is 0 Å². The van der Waals surface area contributed by atoms with Crippen LogP contribution in [0.4, 0.5) is 0 Å². The lowest BCUT2D eigenvalue weighted by molar-refractivity contribution is 0.273. The Kier molecular flexibility index (Phi) is 6.61. The van der Waals surface area contributed by atoms with Crippen LogP contribution in [0.15, 0.2) is 40.6 Å². The predicted octanol–water partition coefficient (Wildman–Crippen LogP) is 3.54. The van der Waals surface area contributed by atoms with Crippen molar-refractivity contribution in [3.63, 3.8) is 0 Å². The van der Waals surface area contributed by atoms with Gasteiger partial charge in [-0.05, 0) is 54.8 Å². The molecule has 23 heavy (non-hydrogen) atoms. The fraction of sp³-hybridized carbons (Fsp3) is 0.375. The van der Waals surface area contributed by atoms with E-state index in [1.165, 1.54) is 0 Å². The highest BCUT2D eigenvalue weighted by Crippen LogP contribution is 2.27. The first-order valence-corrected chi connectivity index (χ1v) is 10.1. The molecule has 7 heteroatoms. The molecule has 4 nitrogen and oxygen atoms in total. The number of rotatable bonds is 8. The van der Waals surface area contributed by atoms with Crippen molar-refractivity contribution in [1.82, 2.24) is 4.72 Å². The molecule has 2 N–H and O–H groups in total. The largest absolute Gasteiger partial charge is 0.396 e. The van der Waals surface area contributed by atoms with Crippen molar-refractivity contribution in [2.75, 3.05) is 13.2 Å². The van der Waals surface area contributed by atoms with Gasteiger partial charge < -0.3 is 5.11 Å². The number of aliphatic hydroxyl groups is 1. The van der Waals surface area contributed by atoms with E-state index in [0.717, 1.165) is 4.88 Å². The second kappa shape index (κ2) is 8.26. The molecule has 0 spiro atoms. The van der Waals surface area contributed by atoms with Crippen LogP contribution in [0.2, 0.25) is 5.02 Å². The molecule has 1 aromatic heterocycles. The summed E-state index contributed by atoms with van der Waals surface area (Å²) in [5.74, 6) is 0.156. The van der Waals surface area contributed by atoms with Gasteiger partial charge in [-0.15, -0.1) is 11.3 Å². The Hall–Kier alpha value is -0.920. The molecule has 1 heterocycles. The van der Waals surface area contributed by atoms with Crippen LogP contribution in [0, 0.1) is 6.92 Å². The Morgan fingerprint density at radius 1 is 1.26 bits per heavy atom. The minimum Gasteiger partial charge on any atom is -0.396 e. The van der Waals surface area contributed by atoms with Crippen LogP contribution in [0.3, 0.4) is 0 Å². The molecular weight excluding hydrogens is 354 g/mol. The molecule has 0 aliphatic carbocycles. The fourth-order valence-corrected chi connectivity index (χ4v) is 4.88. The Labute approximate surface area is 146 Å². The first-order chi connectivity index (χ1) is 11.0. The van der Waals surface area contributed by atoms with Gasteiger partial charge in [0.25, 0.3) is 0 Å². The maximum Gasteiger partial charge on any atom is 0.240 e. The van der Waals surface area contributed by atoms with E-state index in [9.17, 15) is 13.5 Å². The van der Waals surface area contributed by atoms with Crippen molar-refractivity contribution in [2.45, 2.75) is 30.6 Å². The molecule has 0 radical (unpaired) electrons. The molecule has 0 aliphatic rings. The van der Waals surface area contributed by atoms with Gasteiger partial charge in [0.15, 0.2) is 0 Å². The van der Waals surface area contributed by atoms with Crippen LogP contribution in [0.1, 0.15) is 29.2 Å². The van der Waals surface area contributed by atoms with Gasteiger partial charge in [-0.2, -0.15) is 0 Å². The van der Waals surface area contributed by atoms with Crippen LogP contribution in [-0.2, 0) is 10.0 Å². The molecule has 1 aromatic carbocycles. The van der Waals surface area contributed by atoms with Crippen LogP contribution in [-0.4, -0.2) is 26.7 Å². The fourth-order valence-electron chi connectivity index (χ4n) is 2.43. The van der Waals surface area contributed by atoms with Gasteiger partial charge in [-0.3, -0.25) is 0 Å². The second-order valence-corrected chi connectivity index (χ2v) is 8.40. The lowest BCUT2D eigenvalue weighted by atomic mass is 10.0. The zero-order chi connectivity index (χ0) is 16.9. The molecule has 0 saturated carbocycles. The Balaban J connectivity index is 2.03. The Morgan fingerprint density at radius 3 is 2.70 bits per heavy atom. The molecule has 126 valence electrons. The molecule has 0 aliphatic heterocycles. The molecular formula is C16H20ClNO3S2. The summed E-state index contributed by atoms with van der Waals surface area (Å²) in [6.45, 7) is 2.09. The van der Waals surface area contributed by atoms with Crippen molar-refractivity contribution in [1.29, 1.82) is 0 Å². The summed E-state index contributed by atoms with van der Waals surface area (Å²) in [4.78, 5) is 1.37. The summed E-state index contributed by atoms with van der Waals surface area (Å²) >= 11 is 7.62. The third-order valence-electron chi connectivity index (χ3n) is 3.72. The molecule has 1 atom stereocenters. The highest BCUT2D eigenvalue weighted by atomic mass is 35.5. The number of thiophene rings is 1. The third kappa shape index (κ3) is 4.78. The molecule has 0 saturated heterocycles. The van der Waals surface area contributed by atoms with Crippen LogP contribution in [0.5, 0.6) is 0 Å². The summed E-state index contributed by atoms with van der Waals surface area (Å²) in [6, 6.07) is 8.83. The number of nitrogens with one attached hydrogen (secondary N) is 1. The first-order valence-electron chi connectivity index (χ1n) is 7.34. The number of sulfonamides is 1. The lowest BCUT2D eigenvalue weighted by Crippen LogP contribution is -2.26. The maximum absolute atomic E-state index is 12.4. The van der Waals surface area contributed by atoms with Crippen LogP contribution >= 0.6 is 22.9 Å². The summed E-state index contributed by atoms with van der Waals surface area (Å²) in [5.41, 5.74) is 0.548. The molecule has 0 bridgehead atoms. The number of aliphatic hydroxyl groups excluding tert-OH is 1. The van der Waals surface area contributed by atoms with Gasteiger partial charge in [-0.25, -0.2) is 13.1 Å². The maximum atomic E-state index is 12.4. The van der Waals surface area contributed by atoms with Gasteiger partial charge in [-0.1, -0.05) is 23.7 Å². The average Bonchev–Trinajstić information content (AvgIpc) is 3.03. The lowest BCUT2D eigenvalue weighted by Gasteiger charge is -2.15. The van der Waals surface area contributed by atoms with Gasteiger partial charge in [0.05, 0.1) is 4.90 Å². The molecule has 0 unspecified atom stereocenters. The van der Waals surface area contributed by atoms with Crippen LogP contribution < -0.4 is 4.72 Å². The average molecular weight is 374 g/mol. The summed E-state index contributed by atoms with van der Waals surface area (Å²) in [7, 11) is -3.59. The zero-order valence-corrected chi connectivity index (χ0v) is 15.2. The van der Waals surface area contributed by atoms with Crippen LogP contribution in [0.25, 0.3) is 0 Å². The highest BCUT2D eigenvalue weighted by molar-refractivity contribution is 7.89. The third-order valence-corrected chi connectivity index (χ3v) is 6.77. The van der Waals surface area contributed by atoms with Gasteiger partial charge >= 0.3 is 0 Å². The highest BCUT2D eigenvalue weighted by Gasteiger charge is 2.19. The standard InChI is InChI=1S/C16H20ClNO3S2/c1-12-14(17)4-2-6-16(12)23(20,21)18-9-7-13(8-10-19)15-5-3-11-22-15/h2-6,11,13,18-19H,7-10H2,1H3/t13-/m0/s1. The van der Waals surface area contributed by atoms with Crippen molar-refractivity contribution < 1.29 is 13.5 Å². The van der Waals surface area contributed by atoms with E-state index in [0.29, 0.717) is 30.0 Å². The molecule has 2 rings (SSSR count). The zero-order valence-electron chi connectivity index (χ0n) is 12.8. The van der Waals surface area contributed by atoms with E-state index in [4.69, 9.17) is 11.6 Å². The Morgan fingerprint density at radius 2 is 2.04 bits per heavy atom. The van der Waals surface area contributed by atoms with E-state index in [2.05, 4.69) is 4.72 Å². The number of halogens is 1. The van der Waals surface area contributed by atoms with Gasteiger partial charge in [0.1, 0.15) is 0 Å². The summed E-state index contributed by atoms with van der Waals surface area (Å²) in [5, 5.41) is 11.6. The summed E-state index contributed by atoms with van der Waals surface area (Å²) < 4.78 is 27.5. The van der Waals surface area contributed by atoms with E-state index in [1.807, 2.05) is 17.5 Å². The smallest absolute Gasteiger partial charge is 0.240 e. The topological polar surface area (TPSA) is 66.4 Å². The second-order valence-electron chi connectivity index (χ2n) is 5.27. The Bertz CT molecular complexity index is 730. The predicted molar refractivity (Wildman–Crippen MR) is 94.8 cm³/mol. The number of hydrogen-bond acceptors (Lipinski definition) is 4. The van der Waals surface area contributed by atoms with Crippen molar-refractivity contribution in [3.05, 3.63) is 51.2 Å². The summed E-state index contributed by atoms with van der Waals surface area (Å²) in [6.07, 6.45) is 1.26. The van der Waals surface area contributed by atoms with Crippen molar-refractivity contribution in [2.24, 2.45) is 0 Å². The monoisotopic (exact) mass is 373 g/mol. The van der Waals surface area contributed by atoms with E-state index < -0.39 is 10.0 Å². The molecule has 0 fully saturated rings. The van der Waals surface area contributed by atoms with E-state index >= 15 is 0 Å². The van der Waals surface area contributed by atoms with Gasteiger partial charge in [0, 0.05) is 23.1 Å². The minimum absolute atomic E-state index is 0.0860. The first kappa shape index (κ1) is 18.4. The molecule has 0 amide bonds. The van der Waals surface area contributed by atoms with Gasteiger partial charge in [0.2, 0.25) is 10.0 Å². The van der Waals surface area contributed by atoms with Crippen molar-refractivity contribution >= 4 is 33.0 Å². The quantitative estimate of drug-likeness (QED) is 0.743. The minimum atomic E-state index is -3.59.